The fraction of sp³-hybridized carbons (Fsp3) is 0.333. The Bertz CT molecular complexity index is 1000. The number of rotatable bonds is 4. The third-order valence-corrected chi connectivity index (χ3v) is 6.49. The van der Waals surface area contributed by atoms with Crippen LogP contribution in [0.3, 0.4) is 0 Å². The Hall–Kier alpha value is -1.77. The highest BCUT2D eigenvalue weighted by Gasteiger charge is 2.21. The third kappa shape index (κ3) is 4.70. The summed E-state index contributed by atoms with van der Waals surface area (Å²) in [6.45, 7) is 7.40. The van der Waals surface area contributed by atoms with Crippen LogP contribution in [-0.2, 0) is 11.0 Å². The van der Waals surface area contributed by atoms with Gasteiger partial charge in [-0.3, -0.25) is 3.97 Å². The smallest absolute Gasteiger partial charge is 0.265 e. The van der Waals surface area contributed by atoms with Crippen molar-refractivity contribution in [3.8, 4) is 0 Å². The third-order valence-electron chi connectivity index (χ3n) is 4.68. The van der Waals surface area contributed by atoms with Gasteiger partial charge in [-0.15, -0.1) is 0 Å². The minimum absolute atomic E-state index is 0.0923. The number of aromatic nitrogens is 1. The average Bonchev–Trinajstić information content (AvgIpc) is 3.14. The number of fused-ring (bicyclic) bond motifs is 1. The van der Waals surface area contributed by atoms with Gasteiger partial charge in [-0.2, -0.15) is 0 Å². The highest BCUT2D eigenvalue weighted by Crippen LogP contribution is 2.34. The molecular formula is C21H24BrF2N3OS. The molecule has 0 amide bonds. The summed E-state index contributed by atoms with van der Waals surface area (Å²) in [5, 5.41) is 3.73. The molecule has 0 spiro atoms. The number of nitrogens with one attached hydrogen (secondary N) is 1. The summed E-state index contributed by atoms with van der Waals surface area (Å²) in [7, 11) is -1.61. The zero-order valence-corrected chi connectivity index (χ0v) is 18.8. The van der Waals surface area contributed by atoms with E-state index >= 15 is 0 Å². The van der Waals surface area contributed by atoms with Crippen LogP contribution in [0.15, 0.2) is 58.0 Å². The Morgan fingerprint density at radius 1 is 1.10 bits per heavy atom. The van der Waals surface area contributed by atoms with E-state index in [1.807, 2.05) is 26.0 Å². The number of alkyl halides is 2. The lowest BCUT2D eigenvalue weighted by Gasteiger charge is -2.29. The molecule has 1 unspecified atom stereocenters. The van der Waals surface area contributed by atoms with Crippen molar-refractivity contribution in [2.24, 2.45) is 0 Å². The lowest BCUT2D eigenvalue weighted by Crippen LogP contribution is -2.43. The molecule has 0 bridgehead atoms. The zero-order valence-electron chi connectivity index (χ0n) is 16.4. The number of hydrogen-bond donors (Lipinski definition) is 1. The van der Waals surface area contributed by atoms with Gasteiger partial charge in [0.1, 0.15) is 0 Å². The summed E-state index contributed by atoms with van der Waals surface area (Å²) >= 11 is 3.36. The Kier molecular flexibility index (Phi) is 7.43. The maximum absolute atomic E-state index is 13.7. The van der Waals surface area contributed by atoms with Crippen molar-refractivity contribution in [2.75, 3.05) is 31.1 Å². The Morgan fingerprint density at radius 2 is 1.83 bits per heavy atom. The molecule has 4 nitrogen and oxygen atoms in total. The minimum atomic E-state index is -2.63. The van der Waals surface area contributed by atoms with Gasteiger partial charge in [0.2, 0.25) is 0 Å². The Balaban J connectivity index is 0.00000117. The molecule has 3 aromatic rings. The summed E-state index contributed by atoms with van der Waals surface area (Å²) in [6, 6.07) is 12.6. The van der Waals surface area contributed by atoms with Crippen molar-refractivity contribution in [2.45, 2.75) is 25.2 Å². The van der Waals surface area contributed by atoms with E-state index in [0.717, 1.165) is 36.3 Å². The highest BCUT2D eigenvalue weighted by molar-refractivity contribution is 9.10. The molecule has 2 heterocycles. The normalized spacial score (nSPS) is 15.3. The summed E-state index contributed by atoms with van der Waals surface area (Å²) in [5.41, 5.74) is 1.37. The number of anilines is 1. The number of piperazine rings is 1. The van der Waals surface area contributed by atoms with Gasteiger partial charge < -0.3 is 10.2 Å². The standard InChI is InChI=1S/C19H18BrF2N3OS.C2H6/c20-13-2-1-3-15(10-13)27(26)25-12-17(19(21)22)16-11-14(4-5-18(16)25)24-8-6-23-7-9-24;1-2/h1-5,10-12,19,23H,6-9H2;1-2H3. The fourth-order valence-electron chi connectivity index (χ4n) is 3.33. The second-order valence-electron chi connectivity index (χ2n) is 6.36. The number of hydrogen-bond acceptors (Lipinski definition) is 3. The molecule has 1 N–H and O–H groups in total. The van der Waals surface area contributed by atoms with E-state index in [4.69, 9.17) is 0 Å². The summed E-state index contributed by atoms with van der Waals surface area (Å²) in [5.74, 6) is 0. The molecule has 0 radical (unpaired) electrons. The predicted octanol–water partition coefficient (Wildman–Crippen LogP) is 5.35. The van der Waals surface area contributed by atoms with Crippen molar-refractivity contribution in [3.63, 3.8) is 0 Å². The molecule has 8 heteroatoms. The van der Waals surface area contributed by atoms with Crippen LogP contribution in [0.4, 0.5) is 14.5 Å². The van der Waals surface area contributed by atoms with Crippen LogP contribution in [0.2, 0.25) is 0 Å². The first kappa shape index (κ1) is 21.9. The van der Waals surface area contributed by atoms with Crippen LogP contribution < -0.4 is 10.2 Å². The van der Waals surface area contributed by atoms with Crippen molar-refractivity contribution in [1.29, 1.82) is 0 Å². The van der Waals surface area contributed by atoms with Crippen molar-refractivity contribution >= 4 is 43.5 Å². The molecular weight excluding hydrogens is 460 g/mol. The molecule has 1 aliphatic rings. The molecule has 0 aliphatic carbocycles. The molecule has 4 rings (SSSR count). The van der Waals surface area contributed by atoms with E-state index in [1.54, 1.807) is 30.3 Å². The van der Waals surface area contributed by atoms with Gasteiger partial charge in [-0.05, 0) is 36.4 Å². The first-order chi connectivity index (χ1) is 14.0. The summed E-state index contributed by atoms with van der Waals surface area (Å²) < 4.78 is 42.6. The van der Waals surface area contributed by atoms with Crippen LogP contribution in [0.1, 0.15) is 25.8 Å². The maximum Gasteiger partial charge on any atom is 0.265 e. The van der Waals surface area contributed by atoms with Crippen LogP contribution in [0.25, 0.3) is 10.9 Å². The molecule has 29 heavy (non-hydrogen) atoms. The molecule has 2 aromatic carbocycles. The number of benzene rings is 2. The topological polar surface area (TPSA) is 37.3 Å². The lowest BCUT2D eigenvalue weighted by atomic mass is 10.1. The fourth-order valence-corrected chi connectivity index (χ4v) is 5.08. The largest absolute Gasteiger partial charge is 0.369 e. The number of halogens is 3. The lowest BCUT2D eigenvalue weighted by molar-refractivity contribution is 0.153. The van der Waals surface area contributed by atoms with Gasteiger partial charge in [-0.1, -0.05) is 35.8 Å². The van der Waals surface area contributed by atoms with Gasteiger partial charge in [0, 0.05) is 53.5 Å². The van der Waals surface area contributed by atoms with Gasteiger partial charge in [0.25, 0.3) is 6.43 Å². The van der Waals surface area contributed by atoms with Crippen LogP contribution >= 0.6 is 15.9 Å². The summed E-state index contributed by atoms with van der Waals surface area (Å²) in [6.07, 6.45) is -1.32. The van der Waals surface area contributed by atoms with Crippen LogP contribution in [0, 0.1) is 0 Å². The van der Waals surface area contributed by atoms with E-state index in [-0.39, 0.29) is 5.56 Å². The molecule has 1 saturated heterocycles. The number of nitrogens with zero attached hydrogens (tertiary/aromatic N) is 2. The molecule has 1 atom stereocenters. The second kappa shape index (κ2) is 9.82. The Labute approximate surface area is 180 Å². The average molecular weight is 484 g/mol. The van der Waals surface area contributed by atoms with E-state index in [9.17, 15) is 13.0 Å². The molecule has 1 aromatic heterocycles. The monoisotopic (exact) mass is 483 g/mol. The maximum atomic E-state index is 13.7. The SMILES string of the molecule is CC.O=S(c1cccc(Br)c1)n1cc(C(F)F)c2cc(N3CCNCC3)ccc21. The molecule has 0 saturated carbocycles. The van der Waals surface area contributed by atoms with Crippen LogP contribution in [0.5, 0.6) is 0 Å². The van der Waals surface area contributed by atoms with Gasteiger partial charge >= 0.3 is 0 Å². The summed E-state index contributed by atoms with van der Waals surface area (Å²) in [4.78, 5) is 2.72. The van der Waals surface area contributed by atoms with Crippen molar-refractivity contribution in [1.82, 2.24) is 9.29 Å². The first-order valence-electron chi connectivity index (χ1n) is 9.61. The Morgan fingerprint density at radius 3 is 2.48 bits per heavy atom. The predicted molar refractivity (Wildman–Crippen MR) is 119 cm³/mol. The minimum Gasteiger partial charge on any atom is -0.369 e. The molecule has 156 valence electrons. The van der Waals surface area contributed by atoms with E-state index in [0.29, 0.717) is 15.8 Å². The first-order valence-corrected chi connectivity index (χ1v) is 11.5. The van der Waals surface area contributed by atoms with E-state index in [1.165, 1.54) is 10.2 Å². The van der Waals surface area contributed by atoms with E-state index in [2.05, 4.69) is 26.1 Å². The van der Waals surface area contributed by atoms with Gasteiger partial charge in [-0.25, -0.2) is 13.0 Å². The molecule has 1 fully saturated rings. The quantitative estimate of drug-likeness (QED) is 0.543. The van der Waals surface area contributed by atoms with Gasteiger partial charge in [0.05, 0.1) is 10.4 Å². The van der Waals surface area contributed by atoms with Crippen molar-refractivity contribution < 1.29 is 13.0 Å². The van der Waals surface area contributed by atoms with Crippen LogP contribution in [-0.4, -0.2) is 34.4 Å². The zero-order chi connectivity index (χ0) is 21.0. The van der Waals surface area contributed by atoms with Gasteiger partial charge in [0.15, 0.2) is 11.0 Å². The molecule has 1 aliphatic heterocycles. The highest BCUT2D eigenvalue weighted by atomic mass is 79.9. The van der Waals surface area contributed by atoms with E-state index < -0.39 is 17.4 Å². The second-order valence-corrected chi connectivity index (χ2v) is 8.63. The van der Waals surface area contributed by atoms with Crippen molar-refractivity contribution in [3.05, 3.63) is 58.7 Å².